The third-order valence-corrected chi connectivity index (χ3v) is 5.10. The number of carbonyl (C=O) groups excluding carboxylic acids is 1. The molecule has 0 amide bonds. The number of aromatic nitrogens is 1. The van der Waals surface area contributed by atoms with Gasteiger partial charge >= 0.3 is 6.18 Å². The van der Waals surface area contributed by atoms with Crippen molar-refractivity contribution in [3.05, 3.63) is 52.7 Å². The van der Waals surface area contributed by atoms with Crippen LogP contribution >= 0.6 is 0 Å². The zero-order valence-corrected chi connectivity index (χ0v) is 19.7. The largest absolute Gasteiger partial charge is 0.496 e. The number of alkyl halides is 3. The predicted octanol–water partition coefficient (Wildman–Crippen LogP) is 5.23. The van der Waals surface area contributed by atoms with E-state index in [1.54, 1.807) is 14.2 Å². The van der Waals surface area contributed by atoms with E-state index in [1.165, 1.54) is 11.6 Å². The predicted molar refractivity (Wildman–Crippen MR) is 122 cm³/mol. The summed E-state index contributed by atoms with van der Waals surface area (Å²) in [4.78, 5) is 16.2. The van der Waals surface area contributed by atoms with Crippen LogP contribution in [-0.2, 0) is 23.9 Å². The molecule has 32 heavy (non-hydrogen) atoms. The van der Waals surface area contributed by atoms with Gasteiger partial charge < -0.3 is 19.7 Å². The molecule has 0 aliphatic rings. The van der Waals surface area contributed by atoms with Crippen LogP contribution in [0.1, 0.15) is 56.0 Å². The molecular formula is C24H34F3N3O2. The number of aryl methyl sites for hydroxylation is 1. The SMILES string of the molecule is CCN(CC)c1nc(C(F)(F)F)ccc1CNC.CCc1ccc(C(C)C=O)cc1OC. The molecule has 0 fully saturated rings. The Kier molecular flexibility index (Phi) is 11.2. The molecule has 8 heteroatoms. The van der Waals surface area contributed by atoms with Crippen molar-refractivity contribution in [3.63, 3.8) is 0 Å². The summed E-state index contributed by atoms with van der Waals surface area (Å²) < 4.78 is 43.2. The quantitative estimate of drug-likeness (QED) is 0.527. The van der Waals surface area contributed by atoms with Gasteiger partial charge in [-0.05, 0) is 50.6 Å². The molecule has 0 bridgehead atoms. The third kappa shape index (κ3) is 7.51. The molecule has 1 heterocycles. The van der Waals surface area contributed by atoms with Crippen molar-refractivity contribution in [1.82, 2.24) is 10.3 Å². The van der Waals surface area contributed by atoms with Crippen molar-refractivity contribution in [2.24, 2.45) is 0 Å². The molecule has 5 nitrogen and oxygen atoms in total. The minimum atomic E-state index is -4.40. The van der Waals surface area contributed by atoms with E-state index >= 15 is 0 Å². The number of hydrogen-bond acceptors (Lipinski definition) is 5. The van der Waals surface area contributed by atoms with Crippen molar-refractivity contribution in [2.75, 3.05) is 32.1 Å². The Bertz CT molecular complexity index is 853. The van der Waals surface area contributed by atoms with Gasteiger partial charge in [-0.25, -0.2) is 4.98 Å². The number of benzene rings is 1. The highest BCUT2D eigenvalue weighted by atomic mass is 19.4. The Labute approximate surface area is 189 Å². The summed E-state index contributed by atoms with van der Waals surface area (Å²) in [6, 6.07) is 8.46. The average molecular weight is 454 g/mol. The number of carbonyl (C=O) groups is 1. The Hall–Kier alpha value is -2.61. The maximum atomic E-state index is 12.7. The summed E-state index contributed by atoms with van der Waals surface area (Å²) in [5.41, 5.74) is 2.11. The van der Waals surface area contributed by atoms with Crippen molar-refractivity contribution < 1.29 is 22.7 Å². The Morgan fingerprint density at radius 2 is 1.75 bits per heavy atom. The van der Waals surface area contributed by atoms with Gasteiger partial charge in [0.2, 0.25) is 0 Å². The second kappa shape index (κ2) is 13.1. The van der Waals surface area contributed by atoms with Gasteiger partial charge in [0.05, 0.1) is 7.11 Å². The lowest BCUT2D eigenvalue weighted by Gasteiger charge is -2.23. The molecule has 178 valence electrons. The van der Waals surface area contributed by atoms with E-state index in [0.717, 1.165) is 35.6 Å². The summed E-state index contributed by atoms with van der Waals surface area (Å²) in [6.45, 7) is 9.51. The molecule has 0 radical (unpaired) electrons. The maximum Gasteiger partial charge on any atom is 0.433 e. The van der Waals surface area contributed by atoms with Crippen molar-refractivity contribution in [1.29, 1.82) is 0 Å². The topological polar surface area (TPSA) is 54.5 Å². The number of nitrogens with one attached hydrogen (secondary N) is 1. The van der Waals surface area contributed by atoms with E-state index in [1.807, 2.05) is 43.9 Å². The van der Waals surface area contributed by atoms with Crippen LogP contribution in [0, 0.1) is 0 Å². The molecule has 1 aromatic carbocycles. The Morgan fingerprint density at radius 3 is 2.22 bits per heavy atom. The first-order chi connectivity index (χ1) is 15.2. The van der Waals surface area contributed by atoms with Gasteiger partial charge in [0.1, 0.15) is 23.5 Å². The van der Waals surface area contributed by atoms with Gasteiger partial charge in [-0.3, -0.25) is 0 Å². The van der Waals surface area contributed by atoms with Gasteiger partial charge in [0.15, 0.2) is 0 Å². The lowest BCUT2D eigenvalue weighted by molar-refractivity contribution is -0.141. The fourth-order valence-corrected chi connectivity index (χ4v) is 3.18. The second-order valence-electron chi connectivity index (χ2n) is 7.23. The van der Waals surface area contributed by atoms with E-state index in [2.05, 4.69) is 17.2 Å². The number of methoxy groups -OCH3 is 1. The summed E-state index contributed by atoms with van der Waals surface area (Å²) in [6.07, 6.45) is -2.51. The first kappa shape index (κ1) is 27.4. The molecule has 1 aromatic heterocycles. The first-order valence-electron chi connectivity index (χ1n) is 10.7. The highest BCUT2D eigenvalue weighted by Gasteiger charge is 2.33. The molecule has 0 spiro atoms. The van der Waals surface area contributed by atoms with Gasteiger partial charge in [0.25, 0.3) is 0 Å². The van der Waals surface area contributed by atoms with Crippen LogP contribution in [0.5, 0.6) is 5.75 Å². The highest BCUT2D eigenvalue weighted by molar-refractivity contribution is 5.62. The fraction of sp³-hybridized carbons (Fsp3) is 0.500. The summed E-state index contributed by atoms with van der Waals surface area (Å²) in [5, 5.41) is 2.94. The smallest absolute Gasteiger partial charge is 0.433 e. The molecule has 0 aliphatic carbocycles. The molecule has 1 N–H and O–H groups in total. The lowest BCUT2D eigenvalue weighted by atomic mass is 10.00. The minimum absolute atomic E-state index is 0.0604. The van der Waals surface area contributed by atoms with Gasteiger partial charge in [0, 0.05) is 31.1 Å². The van der Waals surface area contributed by atoms with E-state index in [-0.39, 0.29) is 5.92 Å². The molecule has 2 aromatic rings. The van der Waals surface area contributed by atoms with E-state index in [4.69, 9.17) is 4.74 Å². The molecule has 0 saturated heterocycles. The summed E-state index contributed by atoms with van der Waals surface area (Å²) in [5.74, 6) is 1.22. The number of aldehydes is 1. The van der Waals surface area contributed by atoms with Crippen LogP contribution in [0.3, 0.4) is 0 Å². The number of rotatable bonds is 9. The van der Waals surface area contributed by atoms with Crippen LogP contribution in [0.15, 0.2) is 30.3 Å². The van der Waals surface area contributed by atoms with E-state index in [0.29, 0.717) is 25.5 Å². The Balaban J connectivity index is 0.000000330. The van der Waals surface area contributed by atoms with Gasteiger partial charge in [-0.15, -0.1) is 0 Å². The second-order valence-corrected chi connectivity index (χ2v) is 7.23. The zero-order chi connectivity index (χ0) is 24.3. The number of pyridine rings is 1. The zero-order valence-electron chi connectivity index (χ0n) is 19.7. The molecular weight excluding hydrogens is 419 g/mol. The van der Waals surface area contributed by atoms with Gasteiger partial charge in [-0.2, -0.15) is 13.2 Å². The number of anilines is 1. The van der Waals surface area contributed by atoms with E-state index in [9.17, 15) is 18.0 Å². The average Bonchev–Trinajstić information content (AvgIpc) is 2.79. The van der Waals surface area contributed by atoms with Crippen LogP contribution < -0.4 is 15.0 Å². The van der Waals surface area contributed by atoms with Crippen LogP contribution in [-0.4, -0.2) is 38.5 Å². The number of nitrogens with zero attached hydrogens (tertiary/aromatic N) is 2. The molecule has 1 atom stereocenters. The number of halogens is 3. The van der Waals surface area contributed by atoms with Crippen molar-refractivity contribution in [3.8, 4) is 5.75 Å². The number of ether oxygens (including phenoxy) is 1. The molecule has 0 saturated carbocycles. The summed E-state index contributed by atoms with van der Waals surface area (Å²) >= 11 is 0. The van der Waals surface area contributed by atoms with Crippen LogP contribution in [0.4, 0.5) is 19.0 Å². The molecule has 2 rings (SSSR count). The standard InChI is InChI=1S/C12H18F3N3.C12H16O2/c1-4-18(5-2)11-9(8-16-3)6-7-10(17-11)12(13,14)15;1-4-10-5-6-11(9(2)8-13)7-12(10)14-3/h6-7,16H,4-5,8H2,1-3H3;5-9H,4H2,1-3H3. The first-order valence-corrected chi connectivity index (χ1v) is 10.7. The maximum absolute atomic E-state index is 12.7. The fourth-order valence-electron chi connectivity index (χ4n) is 3.18. The van der Waals surface area contributed by atoms with Crippen molar-refractivity contribution in [2.45, 2.75) is 52.8 Å². The monoisotopic (exact) mass is 453 g/mol. The van der Waals surface area contributed by atoms with Crippen LogP contribution in [0.25, 0.3) is 0 Å². The number of hydrogen-bond donors (Lipinski definition) is 1. The van der Waals surface area contributed by atoms with Gasteiger partial charge in [-0.1, -0.05) is 32.0 Å². The minimum Gasteiger partial charge on any atom is -0.496 e. The molecule has 1 unspecified atom stereocenters. The van der Waals surface area contributed by atoms with Crippen molar-refractivity contribution >= 4 is 12.1 Å². The molecule has 0 aliphatic heterocycles. The highest BCUT2D eigenvalue weighted by Crippen LogP contribution is 2.30. The third-order valence-electron chi connectivity index (χ3n) is 5.10. The summed E-state index contributed by atoms with van der Waals surface area (Å²) in [7, 11) is 3.41. The van der Waals surface area contributed by atoms with E-state index < -0.39 is 11.9 Å². The normalized spacial score (nSPS) is 11.9. The van der Waals surface area contributed by atoms with Crippen LogP contribution in [0.2, 0.25) is 0 Å². The Morgan fingerprint density at radius 1 is 1.12 bits per heavy atom. The lowest BCUT2D eigenvalue weighted by Crippen LogP contribution is -2.26.